The summed E-state index contributed by atoms with van der Waals surface area (Å²) in [6.45, 7) is 4.05. The van der Waals surface area contributed by atoms with Gasteiger partial charge in [0.2, 0.25) is 0 Å². The van der Waals surface area contributed by atoms with Gasteiger partial charge in [0, 0.05) is 26.3 Å². The Kier molecular flexibility index (Phi) is 9.38. The Morgan fingerprint density at radius 3 is 2.62 bits per heavy atom. The monoisotopic (exact) mass is 300 g/mol. The molecule has 0 unspecified atom stereocenters. The van der Waals surface area contributed by atoms with Gasteiger partial charge in [-0.15, -0.1) is 0 Å². The highest BCUT2D eigenvalue weighted by molar-refractivity contribution is 5.38. The largest absolute Gasteiger partial charge is 0.382 e. The van der Waals surface area contributed by atoms with Crippen molar-refractivity contribution in [3.8, 4) is 0 Å². The average molecular weight is 300 g/mol. The summed E-state index contributed by atoms with van der Waals surface area (Å²) in [5.74, 6) is 0. The van der Waals surface area contributed by atoms with Crippen LogP contribution >= 0.6 is 0 Å². The zero-order chi connectivity index (χ0) is 15.3. The van der Waals surface area contributed by atoms with Gasteiger partial charge in [-0.25, -0.2) is 4.68 Å². The third kappa shape index (κ3) is 7.76. The van der Waals surface area contributed by atoms with Crippen molar-refractivity contribution in [2.75, 3.05) is 58.6 Å². The molecule has 0 aliphatic carbocycles. The van der Waals surface area contributed by atoms with Gasteiger partial charge in [-0.1, -0.05) is 0 Å². The summed E-state index contributed by atoms with van der Waals surface area (Å²) in [6.07, 6.45) is 1.60. The zero-order valence-electron chi connectivity index (χ0n) is 12.4. The molecular weight excluding hydrogens is 276 g/mol. The third-order valence-corrected chi connectivity index (χ3v) is 2.59. The van der Waals surface area contributed by atoms with Crippen molar-refractivity contribution >= 4 is 5.69 Å². The van der Waals surface area contributed by atoms with Gasteiger partial charge >= 0.3 is 0 Å². The van der Waals surface area contributed by atoms with E-state index in [1.165, 1.54) is 10.7 Å². The predicted octanol–water partition coefficient (Wildman–Crippen LogP) is -0.706. The minimum Gasteiger partial charge on any atom is -0.382 e. The molecule has 1 rings (SSSR count). The zero-order valence-corrected chi connectivity index (χ0v) is 12.4. The van der Waals surface area contributed by atoms with Crippen molar-refractivity contribution in [3.05, 3.63) is 22.6 Å². The Morgan fingerprint density at radius 2 is 1.95 bits per heavy atom. The van der Waals surface area contributed by atoms with E-state index in [0.29, 0.717) is 58.4 Å². The summed E-state index contributed by atoms with van der Waals surface area (Å²) in [4.78, 5) is 11.8. The molecular formula is C13H24N4O4. The van der Waals surface area contributed by atoms with Crippen molar-refractivity contribution < 1.29 is 14.2 Å². The number of anilines is 1. The molecule has 8 nitrogen and oxygen atoms in total. The van der Waals surface area contributed by atoms with Gasteiger partial charge in [0.1, 0.15) is 0 Å². The number of hydrogen-bond donors (Lipinski definition) is 2. The molecule has 1 aromatic rings. The fourth-order valence-corrected chi connectivity index (χ4v) is 1.53. The predicted molar refractivity (Wildman–Crippen MR) is 79.6 cm³/mol. The first-order valence-corrected chi connectivity index (χ1v) is 6.93. The van der Waals surface area contributed by atoms with Crippen molar-refractivity contribution in [1.82, 2.24) is 9.78 Å². The number of nitrogens with two attached hydrogens (primary N) is 1. The summed E-state index contributed by atoms with van der Waals surface area (Å²) in [6, 6.07) is 1.50. The number of nitrogens with zero attached hydrogens (tertiary/aromatic N) is 2. The minimum absolute atomic E-state index is 0.169. The quantitative estimate of drug-likeness (QED) is 0.492. The van der Waals surface area contributed by atoms with E-state index < -0.39 is 0 Å². The molecule has 0 bridgehead atoms. The molecule has 0 fully saturated rings. The Balaban J connectivity index is 2.18. The van der Waals surface area contributed by atoms with Crippen LogP contribution in [0.15, 0.2) is 17.1 Å². The van der Waals surface area contributed by atoms with Crippen LogP contribution in [0.3, 0.4) is 0 Å². The maximum Gasteiger partial charge on any atom is 0.268 e. The van der Waals surface area contributed by atoms with E-state index in [4.69, 9.17) is 19.9 Å². The van der Waals surface area contributed by atoms with Gasteiger partial charge in [0.25, 0.3) is 5.56 Å². The van der Waals surface area contributed by atoms with Crippen molar-refractivity contribution in [2.24, 2.45) is 5.73 Å². The maximum absolute atomic E-state index is 11.8. The Morgan fingerprint density at radius 1 is 1.24 bits per heavy atom. The van der Waals surface area contributed by atoms with Gasteiger partial charge in [0.15, 0.2) is 0 Å². The standard InChI is InChI=1S/C13H24N4O4/c1-19-6-7-21-9-8-20-5-4-17-13(18)10-12(11-16-17)15-3-2-14/h10-11,15H,2-9,14H2,1H3. The maximum atomic E-state index is 11.8. The fraction of sp³-hybridized carbons (Fsp3) is 0.692. The van der Waals surface area contributed by atoms with Crippen molar-refractivity contribution in [1.29, 1.82) is 0 Å². The van der Waals surface area contributed by atoms with E-state index in [2.05, 4.69) is 10.4 Å². The summed E-state index contributed by atoms with van der Waals surface area (Å²) in [5.41, 5.74) is 5.88. The minimum atomic E-state index is -0.169. The summed E-state index contributed by atoms with van der Waals surface area (Å²) < 4.78 is 16.8. The number of nitrogens with one attached hydrogen (secondary N) is 1. The topological polar surface area (TPSA) is 101 Å². The molecule has 21 heavy (non-hydrogen) atoms. The van der Waals surface area contributed by atoms with E-state index in [0.717, 1.165) is 0 Å². The van der Waals surface area contributed by atoms with E-state index in [9.17, 15) is 4.79 Å². The number of methoxy groups -OCH3 is 1. The molecule has 8 heteroatoms. The molecule has 120 valence electrons. The SMILES string of the molecule is COCCOCCOCCn1ncc(NCCN)cc1=O. The number of hydrogen-bond acceptors (Lipinski definition) is 7. The molecule has 0 spiro atoms. The molecule has 3 N–H and O–H groups in total. The lowest BCUT2D eigenvalue weighted by Gasteiger charge is -2.08. The number of ether oxygens (including phenoxy) is 3. The second kappa shape index (κ2) is 11.2. The highest BCUT2D eigenvalue weighted by Gasteiger charge is 2.00. The van der Waals surface area contributed by atoms with Crippen LogP contribution in [0.2, 0.25) is 0 Å². The van der Waals surface area contributed by atoms with Crippen LogP contribution in [0.25, 0.3) is 0 Å². The second-order valence-electron chi connectivity index (χ2n) is 4.24. The molecule has 0 aliphatic rings. The van der Waals surface area contributed by atoms with Crippen LogP contribution in [0.4, 0.5) is 5.69 Å². The first-order chi connectivity index (χ1) is 10.3. The molecule has 0 atom stereocenters. The van der Waals surface area contributed by atoms with Gasteiger partial charge in [0.05, 0.1) is 51.5 Å². The van der Waals surface area contributed by atoms with Gasteiger partial charge in [-0.2, -0.15) is 5.10 Å². The molecule has 0 aliphatic heterocycles. The number of aromatic nitrogens is 2. The van der Waals surface area contributed by atoms with Crippen LogP contribution in [0.5, 0.6) is 0 Å². The molecule has 0 saturated heterocycles. The van der Waals surface area contributed by atoms with Crippen LogP contribution in [0, 0.1) is 0 Å². The highest BCUT2D eigenvalue weighted by atomic mass is 16.5. The van der Waals surface area contributed by atoms with Crippen LogP contribution in [0.1, 0.15) is 0 Å². The molecule has 1 heterocycles. The second-order valence-corrected chi connectivity index (χ2v) is 4.24. The van der Waals surface area contributed by atoms with E-state index >= 15 is 0 Å². The Bertz CT molecular complexity index is 438. The molecule has 0 saturated carbocycles. The van der Waals surface area contributed by atoms with Gasteiger partial charge in [-0.3, -0.25) is 4.79 Å². The average Bonchev–Trinajstić information content (AvgIpc) is 2.49. The summed E-state index contributed by atoms with van der Waals surface area (Å²) >= 11 is 0. The molecule has 1 aromatic heterocycles. The molecule has 0 aromatic carbocycles. The lowest BCUT2D eigenvalue weighted by molar-refractivity contribution is 0.0223. The van der Waals surface area contributed by atoms with E-state index in [1.807, 2.05) is 0 Å². The van der Waals surface area contributed by atoms with Gasteiger partial charge in [-0.05, 0) is 0 Å². The summed E-state index contributed by atoms with van der Waals surface area (Å²) in [7, 11) is 1.63. The highest BCUT2D eigenvalue weighted by Crippen LogP contribution is 1.98. The third-order valence-electron chi connectivity index (χ3n) is 2.59. The van der Waals surface area contributed by atoms with E-state index in [-0.39, 0.29) is 5.56 Å². The lowest BCUT2D eigenvalue weighted by atomic mass is 10.4. The fourth-order valence-electron chi connectivity index (χ4n) is 1.53. The van der Waals surface area contributed by atoms with Crippen LogP contribution in [-0.4, -0.2) is 63.0 Å². The van der Waals surface area contributed by atoms with Crippen LogP contribution in [-0.2, 0) is 20.8 Å². The number of rotatable bonds is 12. The summed E-state index contributed by atoms with van der Waals surface area (Å²) in [5, 5.41) is 7.07. The first-order valence-electron chi connectivity index (χ1n) is 6.93. The first kappa shape index (κ1) is 17.6. The van der Waals surface area contributed by atoms with Gasteiger partial charge < -0.3 is 25.3 Å². The van der Waals surface area contributed by atoms with E-state index in [1.54, 1.807) is 13.3 Å². The van der Waals surface area contributed by atoms with Crippen molar-refractivity contribution in [2.45, 2.75) is 6.54 Å². The Hall–Kier alpha value is -1.48. The van der Waals surface area contributed by atoms with Crippen LogP contribution < -0.4 is 16.6 Å². The smallest absolute Gasteiger partial charge is 0.268 e. The molecule has 0 amide bonds. The normalized spacial score (nSPS) is 10.8. The Labute approximate surface area is 124 Å². The lowest BCUT2D eigenvalue weighted by Crippen LogP contribution is -2.25. The molecule has 0 radical (unpaired) electrons. The van der Waals surface area contributed by atoms with Crippen molar-refractivity contribution in [3.63, 3.8) is 0 Å².